The normalized spacial score (nSPS) is 11.5. The van der Waals surface area contributed by atoms with Crippen molar-refractivity contribution in [1.29, 1.82) is 0 Å². The highest BCUT2D eigenvalue weighted by Gasteiger charge is 2.29. The maximum Gasteiger partial charge on any atom is 0.143 e. The fourth-order valence-electron chi connectivity index (χ4n) is 9.68. The number of hydrogen-bond donors (Lipinski definition) is 0. The average molecular weight is 790 g/mol. The van der Waals surface area contributed by atoms with Gasteiger partial charge in [-0.1, -0.05) is 206 Å². The zero-order valence-corrected chi connectivity index (χ0v) is 33.9. The number of furan rings is 1. The summed E-state index contributed by atoms with van der Waals surface area (Å²) in [6.07, 6.45) is 0. The lowest BCUT2D eigenvalue weighted by Gasteiger charge is -2.24. The SMILES string of the molecule is c1ccc(-c2c(-c3ccccc3)c(-c3ccccc3)c3c(c2-c2ccccc2)c2cc(-c4ccc(-c5cccc6c5oc5ccccc56)cc4)ccc2n3-c2ccccc2)cc1. The van der Waals surface area contributed by atoms with Crippen LogP contribution in [0.3, 0.4) is 0 Å². The highest BCUT2D eigenvalue weighted by Crippen LogP contribution is 2.54. The number of aromatic nitrogens is 1. The van der Waals surface area contributed by atoms with E-state index in [1.807, 2.05) is 12.1 Å². The Labute approximate surface area is 360 Å². The number of fused-ring (bicyclic) bond motifs is 6. The predicted octanol–water partition coefficient (Wildman–Crippen LogP) is 16.7. The van der Waals surface area contributed by atoms with Gasteiger partial charge in [0.1, 0.15) is 11.2 Å². The van der Waals surface area contributed by atoms with Gasteiger partial charge in [-0.2, -0.15) is 0 Å². The van der Waals surface area contributed by atoms with Crippen LogP contribution in [0.15, 0.2) is 241 Å². The molecule has 0 fully saturated rings. The van der Waals surface area contributed by atoms with Crippen molar-refractivity contribution in [2.24, 2.45) is 0 Å². The fourth-order valence-corrected chi connectivity index (χ4v) is 9.68. The van der Waals surface area contributed by atoms with Crippen molar-refractivity contribution in [2.45, 2.75) is 0 Å². The van der Waals surface area contributed by atoms with Crippen molar-refractivity contribution < 1.29 is 4.42 Å². The summed E-state index contributed by atoms with van der Waals surface area (Å²) >= 11 is 0. The quantitative estimate of drug-likeness (QED) is 0.157. The van der Waals surface area contributed by atoms with Crippen LogP contribution in [0.1, 0.15) is 0 Å². The van der Waals surface area contributed by atoms with Crippen molar-refractivity contribution >= 4 is 43.7 Å². The van der Waals surface area contributed by atoms with E-state index in [1.54, 1.807) is 0 Å². The molecule has 0 unspecified atom stereocenters. The van der Waals surface area contributed by atoms with Gasteiger partial charge in [-0.25, -0.2) is 0 Å². The van der Waals surface area contributed by atoms with E-state index < -0.39 is 0 Å². The summed E-state index contributed by atoms with van der Waals surface area (Å²) in [7, 11) is 0. The Morgan fingerprint density at radius 2 is 0.790 bits per heavy atom. The first-order valence-electron chi connectivity index (χ1n) is 21.3. The Bertz CT molecular complexity index is 3570. The largest absolute Gasteiger partial charge is 0.455 e. The first kappa shape index (κ1) is 35.7. The molecule has 2 aromatic heterocycles. The third-order valence-electron chi connectivity index (χ3n) is 12.4. The molecule has 62 heavy (non-hydrogen) atoms. The van der Waals surface area contributed by atoms with Gasteiger partial charge in [0.25, 0.3) is 0 Å². The summed E-state index contributed by atoms with van der Waals surface area (Å²) in [4.78, 5) is 0. The summed E-state index contributed by atoms with van der Waals surface area (Å²) in [5.41, 5.74) is 19.4. The molecular formula is C60H39NO. The lowest BCUT2D eigenvalue weighted by molar-refractivity contribution is 0.670. The Morgan fingerprint density at radius 3 is 1.42 bits per heavy atom. The molecule has 0 aliphatic carbocycles. The van der Waals surface area contributed by atoms with E-state index in [0.29, 0.717) is 0 Å². The second kappa shape index (κ2) is 14.8. The van der Waals surface area contributed by atoms with Gasteiger partial charge in [0, 0.05) is 49.5 Å². The molecule has 0 spiro atoms. The summed E-state index contributed by atoms with van der Waals surface area (Å²) in [5.74, 6) is 0. The van der Waals surface area contributed by atoms with Crippen molar-refractivity contribution in [3.8, 4) is 72.4 Å². The number of hydrogen-bond acceptors (Lipinski definition) is 1. The molecule has 2 nitrogen and oxygen atoms in total. The van der Waals surface area contributed by atoms with E-state index in [9.17, 15) is 0 Å². The fraction of sp³-hybridized carbons (Fsp3) is 0. The van der Waals surface area contributed by atoms with Gasteiger partial charge in [-0.05, 0) is 74.8 Å². The smallest absolute Gasteiger partial charge is 0.143 e. The number of nitrogens with zero attached hydrogens (tertiary/aromatic N) is 1. The number of benzene rings is 10. The molecule has 0 N–H and O–H groups in total. The van der Waals surface area contributed by atoms with Gasteiger partial charge in [0.2, 0.25) is 0 Å². The van der Waals surface area contributed by atoms with Gasteiger partial charge in [0.15, 0.2) is 0 Å². The van der Waals surface area contributed by atoms with Crippen molar-refractivity contribution in [2.75, 3.05) is 0 Å². The van der Waals surface area contributed by atoms with Crippen LogP contribution < -0.4 is 0 Å². The number of para-hydroxylation sites is 3. The number of rotatable bonds is 7. The van der Waals surface area contributed by atoms with E-state index in [2.05, 4.69) is 229 Å². The maximum absolute atomic E-state index is 6.45. The zero-order chi connectivity index (χ0) is 41.0. The van der Waals surface area contributed by atoms with Crippen molar-refractivity contribution in [3.63, 3.8) is 0 Å². The van der Waals surface area contributed by atoms with E-state index in [1.165, 1.54) is 60.8 Å². The van der Waals surface area contributed by atoms with E-state index in [4.69, 9.17) is 4.42 Å². The monoisotopic (exact) mass is 789 g/mol. The first-order valence-corrected chi connectivity index (χ1v) is 21.3. The summed E-state index contributed by atoms with van der Waals surface area (Å²) in [6.45, 7) is 0. The zero-order valence-electron chi connectivity index (χ0n) is 33.9. The lowest BCUT2D eigenvalue weighted by atomic mass is 9.80. The van der Waals surface area contributed by atoms with Gasteiger partial charge >= 0.3 is 0 Å². The topological polar surface area (TPSA) is 18.1 Å². The van der Waals surface area contributed by atoms with Crippen LogP contribution in [-0.2, 0) is 0 Å². The van der Waals surface area contributed by atoms with E-state index in [-0.39, 0.29) is 0 Å². The summed E-state index contributed by atoms with van der Waals surface area (Å²) in [5, 5.41) is 4.70. The minimum Gasteiger partial charge on any atom is -0.455 e. The van der Waals surface area contributed by atoms with Crippen LogP contribution in [0.4, 0.5) is 0 Å². The lowest BCUT2D eigenvalue weighted by Crippen LogP contribution is -2.00. The standard InChI is InChI=1S/C60H39NO/c1-6-19-42(20-7-1)54-55(43-21-8-2-9-22-43)57(45-25-12-4-13-26-45)59-58(56(54)44-23-10-3-11-24-44)51-39-46(37-38-52(51)61(59)47-27-14-5-15-28-47)40-33-35-41(36-34-40)48-30-18-31-50-49-29-16-17-32-53(49)62-60(48)50/h1-39H. The van der Waals surface area contributed by atoms with Crippen LogP contribution in [0.25, 0.3) is 116 Å². The first-order chi connectivity index (χ1) is 30.8. The molecule has 2 heterocycles. The minimum atomic E-state index is 0.908. The molecule has 0 amide bonds. The van der Waals surface area contributed by atoms with Crippen LogP contribution in [-0.4, -0.2) is 4.57 Å². The van der Waals surface area contributed by atoms with Gasteiger partial charge in [-0.3, -0.25) is 0 Å². The molecule has 0 aliphatic rings. The highest BCUT2D eigenvalue weighted by molar-refractivity contribution is 6.27. The maximum atomic E-state index is 6.45. The third-order valence-corrected chi connectivity index (χ3v) is 12.4. The summed E-state index contributed by atoms with van der Waals surface area (Å²) in [6, 6.07) is 85.5. The molecule has 12 rings (SSSR count). The van der Waals surface area contributed by atoms with Crippen LogP contribution in [0, 0.1) is 0 Å². The Morgan fingerprint density at radius 1 is 0.306 bits per heavy atom. The van der Waals surface area contributed by atoms with E-state index in [0.717, 1.165) is 55.4 Å². The average Bonchev–Trinajstić information content (AvgIpc) is 3.91. The molecule has 0 aliphatic heterocycles. The van der Waals surface area contributed by atoms with Crippen LogP contribution >= 0.6 is 0 Å². The Hall–Kier alpha value is -8.20. The molecule has 0 radical (unpaired) electrons. The third kappa shape index (κ3) is 5.80. The molecule has 0 bridgehead atoms. The van der Waals surface area contributed by atoms with Crippen LogP contribution in [0.2, 0.25) is 0 Å². The molecule has 10 aromatic carbocycles. The molecule has 0 saturated carbocycles. The Kier molecular flexibility index (Phi) is 8.53. The van der Waals surface area contributed by atoms with E-state index >= 15 is 0 Å². The Balaban J connectivity index is 1.19. The molecule has 290 valence electrons. The second-order valence-corrected chi connectivity index (χ2v) is 15.9. The van der Waals surface area contributed by atoms with Gasteiger partial charge in [0.05, 0.1) is 11.0 Å². The molecular weight excluding hydrogens is 751 g/mol. The van der Waals surface area contributed by atoms with Gasteiger partial charge in [-0.15, -0.1) is 0 Å². The molecule has 12 aromatic rings. The summed E-state index contributed by atoms with van der Waals surface area (Å²) < 4.78 is 8.95. The molecule has 0 atom stereocenters. The van der Waals surface area contributed by atoms with Crippen LogP contribution in [0.5, 0.6) is 0 Å². The van der Waals surface area contributed by atoms with Gasteiger partial charge < -0.3 is 8.98 Å². The highest BCUT2D eigenvalue weighted by atomic mass is 16.3. The predicted molar refractivity (Wildman–Crippen MR) is 261 cm³/mol. The van der Waals surface area contributed by atoms with Crippen molar-refractivity contribution in [3.05, 3.63) is 237 Å². The minimum absolute atomic E-state index is 0.908. The molecule has 2 heteroatoms. The van der Waals surface area contributed by atoms with Crippen molar-refractivity contribution in [1.82, 2.24) is 4.57 Å². The molecule has 0 saturated heterocycles. The second-order valence-electron chi connectivity index (χ2n) is 15.9.